The van der Waals surface area contributed by atoms with E-state index < -0.39 is 0 Å². The molecule has 0 aromatic heterocycles. The predicted molar refractivity (Wildman–Crippen MR) is 80.9 cm³/mol. The maximum absolute atomic E-state index is 5.81. The van der Waals surface area contributed by atoms with E-state index in [1.54, 1.807) is 0 Å². The number of rotatable bonds is 1. The lowest BCUT2D eigenvalue weighted by atomic mass is 10.1. The number of hydrogen-bond acceptors (Lipinski definition) is 2. The first-order valence-electron chi connectivity index (χ1n) is 6.35. The molecule has 0 N–H and O–H groups in total. The average molecular weight is 255 g/mol. The molecule has 0 spiro atoms. The number of fused-ring (bicyclic) bond motifs is 1. The molecule has 2 aromatic carbocycles. The highest BCUT2D eigenvalue weighted by atomic mass is 16.5. The fraction of sp³-hybridized carbons (Fsp3) is 0.294. The standard InChI is InChI=1S/C16H17NO.CH4/c1-13-7-8-16-14(11-13)12-17(9-10-18-16)15-5-3-2-4-6-15;/h2-8,11H,9-10,12H2,1H3;1H4. The SMILES string of the molecule is C.Cc1ccc2c(c1)CN(c1ccccc1)CCO2. The quantitative estimate of drug-likeness (QED) is 0.763. The van der Waals surface area contributed by atoms with Crippen LogP contribution in [0.25, 0.3) is 0 Å². The lowest BCUT2D eigenvalue weighted by molar-refractivity contribution is 0.331. The van der Waals surface area contributed by atoms with Crippen LogP contribution in [0.1, 0.15) is 18.6 Å². The van der Waals surface area contributed by atoms with Crippen molar-refractivity contribution >= 4 is 5.69 Å². The van der Waals surface area contributed by atoms with Crippen molar-refractivity contribution in [3.05, 3.63) is 59.7 Å². The van der Waals surface area contributed by atoms with Crippen LogP contribution in [-0.4, -0.2) is 13.2 Å². The second kappa shape index (κ2) is 5.79. The van der Waals surface area contributed by atoms with Crippen LogP contribution < -0.4 is 9.64 Å². The van der Waals surface area contributed by atoms with Crippen molar-refractivity contribution in [2.75, 3.05) is 18.1 Å². The van der Waals surface area contributed by atoms with Crippen molar-refractivity contribution in [3.8, 4) is 5.75 Å². The van der Waals surface area contributed by atoms with Gasteiger partial charge in [-0.3, -0.25) is 0 Å². The Morgan fingerprint density at radius 1 is 1.05 bits per heavy atom. The van der Waals surface area contributed by atoms with Crippen LogP contribution in [-0.2, 0) is 6.54 Å². The zero-order valence-electron chi connectivity index (χ0n) is 10.6. The van der Waals surface area contributed by atoms with Crippen molar-refractivity contribution in [3.63, 3.8) is 0 Å². The minimum Gasteiger partial charge on any atom is -0.491 e. The van der Waals surface area contributed by atoms with Crippen molar-refractivity contribution in [1.82, 2.24) is 0 Å². The third-order valence-corrected chi connectivity index (χ3v) is 3.32. The highest BCUT2D eigenvalue weighted by Gasteiger charge is 2.15. The number of ether oxygens (including phenoxy) is 1. The normalized spacial score (nSPS) is 13.8. The van der Waals surface area contributed by atoms with E-state index in [0.29, 0.717) is 0 Å². The first-order valence-corrected chi connectivity index (χ1v) is 6.35. The van der Waals surface area contributed by atoms with Crippen molar-refractivity contribution < 1.29 is 4.74 Å². The van der Waals surface area contributed by atoms with E-state index in [1.165, 1.54) is 16.8 Å². The smallest absolute Gasteiger partial charge is 0.124 e. The average Bonchev–Trinajstić information content (AvgIpc) is 2.61. The van der Waals surface area contributed by atoms with E-state index in [2.05, 4.69) is 60.4 Å². The summed E-state index contributed by atoms with van der Waals surface area (Å²) in [7, 11) is 0. The molecule has 0 aliphatic carbocycles. The molecule has 1 heterocycles. The zero-order valence-corrected chi connectivity index (χ0v) is 10.6. The summed E-state index contributed by atoms with van der Waals surface area (Å²) in [5.41, 5.74) is 3.82. The maximum atomic E-state index is 5.81. The Morgan fingerprint density at radius 3 is 2.63 bits per heavy atom. The third-order valence-electron chi connectivity index (χ3n) is 3.32. The highest BCUT2D eigenvalue weighted by molar-refractivity contribution is 5.49. The summed E-state index contributed by atoms with van der Waals surface area (Å²) in [6.07, 6.45) is 0. The van der Waals surface area contributed by atoms with Gasteiger partial charge in [-0.15, -0.1) is 0 Å². The summed E-state index contributed by atoms with van der Waals surface area (Å²) in [4.78, 5) is 2.37. The molecule has 0 bridgehead atoms. The highest BCUT2D eigenvalue weighted by Crippen LogP contribution is 2.26. The Bertz CT molecular complexity index is 536. The first kappa shape index (κ1) is 13.5. The number of aryl methyl sites for hydroxylation is 1. The number of para-hydroxylation sites is 1. The summed E-state index contributed by atoms with van der Waals surface area (Å²) in [5, 5.41) is 0. The molecule has 1 aliphatic rings. The fourth-order valence-corrected chi connectivity index (χ4v) is 2.38. The monoisotopic (exact) mass is 255 g/mol. The zero-order chi connectivity index (χ0) is 12.4. The Kier molecular flexibility index (Phi) is 4.10. The molecule has 0 atom stereocenters. The van der Waals surface area contributed by atoms with Crippen LogP contribution >= 0.6 is 0 Å². The summed E-state index contributed by atoms with van der Waals surface area (Å²) < 4.78 is 5.81. The van der Waals surface area contributed by atoms with E-state index in [1.807, 2.05) is 0 Å². The molecule has 2 aromatic rings. The molecule has 0 saturated carbocycles. The van der Waals surface area contributed by atoms with Gasteiger partial charge in [-0.25, -0.2) is 0 Å². The minimum absolute atomic E-state index is 0. The molecule has 2 heteroatoms. The van der Waals surface area contributed by atoms with Crippen molar-refractivity contribution in [1.29, 1.82) is 0 Å². The van der Waals surface area contributed by atoms with Gasteiger partial charge < -0.3 is 9.64 Å². The second-order valence-electron chi connectivity index (χ2n) is 4.72. The number of anilines is 1. The molecule has 0 radical (unpaired) electrons. The van der Waals surface area contributed by atoms with Crippen LogP contribution in [0.3, 0.4) is 0 Å². The van der Waals surface area contributed by atoms with Gasteiger partial charge in [0.15, 0.2) is 0 Å². The van der Waals surface area contributed by atoms with Crippen LogP contribution in [0.4, 0.5) is 5.69 Å². The van der Waals surface area contributed by atoms with Gasteiger partial charge in [0.2, 0.25) is 0 Å². The molecule has 19 heavy (non-hydrogen) atoms. The Hall–Kier alpha value is -1.96. The van der Waals surface area contributed by atoms with Gasteiger partial charge in [-0.2, -0.15) is 0 Å². The summed E-state index contributed by atoms with van der Waals surface area (Å²) in [6, 6.07) is 16.9. The van der Waals surface area contributed by atoms with Gasteiger partial charge in [0.1, 0.15) is 12.4 Å². The van der Waals surface area contributed by atoms with Crippen molar-refractivity contribution in [2.45, 2.75) is 20.9 Å². The minimum atomic E-state index is 0. The lowest BCUT2D eigenvalue weighted by Crippen LogP contribution is -2.25. The molecule has 0 amide bonds. The molecular weight excluding hydrogens is 234 g/mol. The molecule has 100 valence electrons. The summed E-state index contributed by atoms with van der Waals surface area (Å²) >= 11 is 0. The van der Waals surface area contributed by atoms with E-state index >= 15 is 0 Å². The Morgan fingerprint density at radius 2 is 1.84 bits per heavy atom. The van der Waals surface area contributed by atoms with Gasteiger partial charge in [0, 0.05) is 17.8 Å². The summed E-state index contributed by atoms with van der Waals surface area (Å²) in [6.45, 7) is 4.71. The van der Waals surface area contributed by atoms with Crippen LogP contribution in [0.5, 0.6) is 5.75 Å². The fourth-order valence-electron chi connectivity index (χ4n) is 2.38. The number of hydrogen-bond donors (Lipinski definition) is 0. The Balaban J connectivity index is 0.00000133. The van der Waals surface area contributed by atoms with E-state index in [4.69, 9.17) is 4.74 Å². The molecule has 3 rings (SSSR count). The van der Waals surface area contributed by atoms with Crippen molar-refractivity contribution in [2.24, 2.45) is 0 Å². The molecule has 0 fully saturated rings. The Labute approximate surface area is 115 Å². The summed E-state index contributed by atoms with van der Waals surface area (Å²) in [5.74, 6) is 1.03. The topological polar surface area (TPSA) is 12.5 Å². The number of nitrogens with zero attached hydrogens (tertiary/aromatic N) is 1. The second-order valence-corrected chi connectivity index (χ2v) is 4.72. The maximum Gasteiger partial charge on any atom is 0.124 e. The van der Waals surface area contributed by atoms with Crippen LogP contribution in [0, 0.1) is 6.92 Å². The molecule has 0 unspecified atom stereocenters. The first-order chi connectivity index (χ1) is 8.83. The van der Waals surface area contributed by atoms with E-state index in [-0.39, 0.29) is 7.43 Å². The largest absolute Gasteiger partial charge is 0.491 e. The van der Waals surface area contributed by atoms with E-state index in [9.17, 15) is 0 Å². The van der Waals surface area contributed by atoms with Gasteiger partial charge >= 0.3 is 0 Å². The van der Waals surface area contributed by atoms with E-state index in [0.717, 1.165) is 25.4 Å². The molecule has 0 saturated heterocycles. The van der Waals surface area contributed by atoms with Gasteiger partial charge in [-0.05, 0) is 25.1 Å². The molecule has 2 nitrogen and oxygen atoms in total. The lowest BCUT2D eigenvalue weighted by Gasteiger charge is -2.22. The van der Waals surface area contributed by atoms with Gasteiger partial charge in [-0.1, -0.05) is 43.3 Å². The predicted octanol–water partition coefficient (Wildman–Crippen LogP) is 4.03. The molecule has 1 aliphatic heterocycles. The van der Waals surface area contributed by atoms with Gasteiger partial charge in [0.25, 0.3) is 0 Å². The molecular formula is C17H21NO. The van der Waals surface area contributed by atoms with Gasteiger partial charge in [0.05, 0.1) is 6.54 Å². The van der Waals surface area contributed by atoms with Crippen LogP contribution in [0.15, 0.2) is 48.5 Å². The number of benzene rings is 2. The van der Waals surface area contributed by atoms with Crippen LogP contribution in [0.2, 0.25) is 0 Å². The third kappa shape index (κ3) is 2.90.